The molecule has 0 saturated carbocycles. The zero-order valence-corrected chi connectivity index (χ0v) is 8.41. The van der Waals surface area contributed by atoms with Crippen LogP contribution in [-0.4, -0.2) is 17.8 Å². The Morgan fingerprint density at radius 2 is 2.29 bits per heavy atom. The lowest BCUT2D eigenvalue weighted by atomic mass is 10.1. The summed E-state index contributed by atoms with van der Waals surface area (Å²) in [5.74, 6) is 0. The minimum absolute atomic E-state index is 0.414. The van der Waals surface area contributed by atoms with Gasteiger partial charge in [0, 0.05) is 6.54 Å². The topological polar surface area (TPSA) is 56.0 Å². The van der Waals surface area contributed by atoms with Gasteiger partial charge in [0.2, 0.25) is 0 Å². The lowest BCUT2D eigenvalue weighted by molar-refractivity contribution is 0.208. The van der Waals surface area contributed by atoms with E-state index in [4.69, 9.17) is 10.4 Å². The maximum Gasteiger partial charge on any atom is 0.101 e. The Morgan fingerprint density at radius 1 is 1.57 bits per heavy atom. The van der Waals surface area contributed by atoms with E-state index in [-0.39, 0.29) is 0 Å². The molecule has 3 nitrogen and oxygen atoms in total. The highest BCUT2D eigenvalue weighted by Crippen LogP contribution is 2.15. The summed E-state index contributed by atoms with van der Waals surface area (Å²) in [5.41, 5.74) is 2.45. The van der Waals surface area contributed by atoms with Gasteiger partial charge in [-0.1, -0.05) is 6.07 Å². The number of aliphatic hydroxyl groups excluding tert-OH is 1. The third-order valence-corrected chi connectivity index (χ3v) is 1.88. The fourth-order valence-corrected chi connectivity index (χ4v) is 1.16. The first-order valence-electron chi connectivity index (χ1n) is 4.56. The molecule has 3 heteroatoms. The number of aliphatic hydroxyl groups is 1. The van der Waals surface area contributed by atoms with Crippen LogP contribution in [0.3, 0.4) is 0 Å². The summed E-state index contributed by atoms with van der Waals surface area (Å²) < 4.78 is 0. The van der Waals surface area contributed by atoms with Crippen molar-refractivity contribution >= 4 is 5.69 Å². The standard InChI is InChI=1S/C11H14N2O/c1-8-3-4-11(10(5-8)6-12)13-7-9(2)14/h3-5,9,13-14H,7H2,1-2H3. The van der Waals surface area contributed by atoms with E-state index in [1.165, 1.54) is 0 Å². The molecule has 0 spiro atoms. The summed E-state index contributed by atoms with van der Waals surface area (Å²) in [7, 11) is 0. The summed E-state index contributed by atoms with van der Waals surface area (Å²) in [4.78, 5) is 0. The van der Waals surface area contributed by atoms with Gasteiger partial charge >= 0.3 is 0 Å². The monoisotopic (exact) mass is 190 g/mol. The van der Waals surface area contributed by atoms with Crippen LogP contribution in [0.5, 0.6) is 0 Å². The van der Waals surface area contributed by atoms with Gasteiger partial charge in [-0.25, -0.2) is 0 Å². The van der Waals surface area contributed by atoms with Crippen molar-refractivity contribution in [3.05, 3.63) is 29.3 Å². The average molecular weight is 190 g/mol. The Hall–Kier alpha value is -1.53. The fraction of sp³-hybridized carbons (Fsp3) is 0.364. The first kappa shape index (κ1) is 10.6. The zero-order valence-electron chi connectivity index (χ0n) is 8.41. The number of nitrogens with zero attached hydrogens (tertiary/aromatic N) is 1. The van der Waals surface area contributed by atoms with E-state index in [1.54, 1.807) is 6.92 Å². The highest BCUT2D eigenvalue weighted by atomic mass is 16.3. The van der Waals surface area contributed by atoms with Gasteiger partial charge in [-0.2, -0.15) is 5.26 Å². The molecule has 2 N–H and O–H groups in total. The van der Waals surface area contributed by atoms with Crippen molar-refractivity contribution in [2.45, 2.75) is 20.0 Å². The lowest BCUT2D eigenvalue weighted by Gasteiger charge is -2.10. The highest BCUT2D eigenvalue weighted by Gasteiger charge is 2.02. The molecule has 0 aliphatic heterocycles. The van der Waals surface area contributed by atoms with E-state index in [0.717, 1.165) is 11.3 Å². The van der Waals surface area contributed by atoms with Crippen LogP contribution in [0.25, 0.3) is 0 Å². The molecule has 1 aromatic rings. The summed E-state index contributed by atoms with van der Waals surface area (Å²) in [6, 6.07) is 7.73. The lowest BCUT2D eigenvalue weighted by Crippen LogP contribution is -2.15. The molecule has 0 aliphatic rings. The number of nitrogens with one attached hydrogen (secondary N) is 1. The molecule has 0 saturated heterocycles. The maximum atomic E-state index is 9.09. The maximum absolute atomic E-state index is 9.09. The molecular weight excluding hydrogens is 176 g/mol. The molecule has 0 fully saturated rings. The van der Waals surface area contributed by atoms with Crippen LogP contribution in [0.2, 0.25) is 0 Å². The molecule has 0 radical (unpaired) electrons. The molecule has 0 amide bonds. The second kappa shape index (κ2) is 4.64. The Labute approximate surface area is 84.0 Å². The molecule has 0 bridgehead atoms. The first-order valence-corrected chi connectivity index (χ1v) is 4.56. The van der Waals surface area contributed by atoms with E-state index in [9.17, 15) is 0 Å². The van der Waals surface area contributed by atoms with Crippen molar-refractivity contribution in [2.24, 2.45) is 0 Å². The van der Waals surface area contributed by atoms with Gasteiger partial charge in [-0.3, -0.25) is 0 Å². The van der Waals surface area contributed by atoms with Crippen LogP contribution in [0.15, 0.2) is 18.2 Å². The number of nitriles is 1. The van der Waals surface area contributed by atoms with Crippen molar-refractivity contribution in [1.29, 1.82) is 5.26 Å². The number of rotatable bonds is 3. The van der Waals surface area contributed by atoms with Crippen LogP contribution in [0, 0.1) is 18.3 Å². The van der Waals surface area contributed by atoms with Gasteiger partial charge in [-0.15, -0.1) is 0 Å². The number of aryl methyl sites for hydroxylation is 1. The van der Waals surface area contributed by atoms with Crippen molar-refractivity contribution in [1.82, 2.24) is 0 Å². The van der Waals surface area contributed by atoms with Gasteiger partial charge in [0.15, 0.2) is 0 Å². The van der Waals surface area contributed by atoms with Crippen LogP contribution >= 0.6 is 0 Å². The smallest absolute Gasteiger partial charge is 0.101 e. The van der Waals surface area contributed by atoms with Crippen LogP contribution < -0.4 is 5.32 Å². The molecule has 1 rings (SSSR count). The first-order chi connectivity index (χ1) is 6.63. The summed E-state index contributed by atoms with van der Waals surface area (Å²) >= 11 is 0. The minimum Gasteiger partial charge on any atom is -0.392 e. The Kier molecular flexibility index (Phi) is 3.49. The molecule has 0 aromatic heterocycles. The van der Waals surface area contributed by atoms with E-state index in [1.807, 2.05) is 25.1 Å². The van der Waals surface area contributed by atoms with Crippen molar-refractivity contribution in [3.63, 3.8) is 0 Å². The average Bonchev–Trinajstić information content (AvgIpc) is 2.15. The van der Waals surface area contributed by atoms with E-state index >= 15 is 0 Å². The number of hydrogen-bond donors (Lipinski definition) is 2. The van der Waals surface area contributed by atoms with Crippen LogP contribution in [-0.2, 0) is 0 Å². The predicted octanol–water partition coefficient (Wildman–Crippen LogP) is 1.66. The van der Waals surface area contributed by atoms with Crippen LogP contribution in [0.4, 0.5) is 5.69 Å². The summed E-state index contributed by atoms with van der Waals surface area (Å²) in [6.07, 6.45) is -0.414. The summed E-state index contributed by atoms with van der Waals surface area (Å²) in [5, 5.41) is 21.0. The second-order valence-corrected chi connectivity index (χ2v) is 3.39. The van der Waals surface area contributed by atoms with Gasteiger partial charge in [-0.05, 0) is 31.5 Å². The third-order valence-electron chi connectivity index (χ3n) is 1.88. The number of anilines is 1. The van der Waals surface area contributed by atoms with Crippen molar-refractivity contribution in [2.75, 3.05) is 11.9 Å². The molecule has 1 unspecified atom stereocenters. The van der Waals surface area contributed by atoms with Gasteiger partial charge in [0.25, 0.3) is 0 Å². The van der Waals surface area contributed by atoms with E-state index in [2.05, 4.69) is 11.4 Å². The van der Waals surface area contributed by atoms with E-state index in [0.29, 0.717) is 12.1 Å². The zero-order chi connectivity index (χ0) is 10.6. The predicted molar refractivity (Wildman–Crippen MR) is 56.1 cm³/mol. The molecule has 1 aromatic carbocycles. The van der Waals surface area contributed by atoms with Gasteiger partial charge < -0.3 is 10.4 Å². The largest absolute Gasteiger partial charge is 0.392 e. The van der Waals surface area contributed by atoms with Crippen LogP contribution in [0.1, 0.15) is 18.1 Å². The Balaban J connectivity index is 2.82. The van der Waals surface area contributed by atoms with Gasteiger partial charge in [0.05, 0.1) is 17.4 Å². The van der Waals surface area contributed by atoms with E-state index < -0.39 is 6.10 Å². The number of benzene rings is 1. The molecule has 0 heterocycles. The Bertz CT molecular complexity index is 353. The minimum atomic E-state index is -0.414. The second-order valence-electron chi connectivity index (χ2n) is 3.39. The summed E-state index contributed by atoms with van der Waals surface area (Å²) in [6.45, 7) is 4.10. The third kappa shape index (κ3) is 2.75. The van der Waals surface area contributed by atoms with Gasteiger partial charge in [0.1, 0.15) is 6.07 Å². The molecular formula is C11H14N2O. The molecule has 1 atom stereocenters. The van der Waals surface area contributed by atoms with Crippen molar-refractivity contribution in [3.8, 4) is 6.07 Å². The highest BCUT2D eigenvalue weighted by molar-refractivity contribution is 5.58. The van der Waals surface area contributed by atoms with Crippen molar-refractivity contribution < 1.29 is 5.11 Å². The quantitative estimate of drug-likeness (QED) is 0.762. The number of hydrogen-bond acceptors (Lipinski definition) is 3. The SMILES string of the molecule is Cc1ccc(NCC(C)O)c(C#N)c1. The Morgan fingerprint density at radius 3 is 2.86 bits per heavy atom. The fourth-order valence-electron chi connectivity index (χ4n) is 1.16. The normalized spacial score (nSPS) is 11.9. The molecule has 74 valence electrons. The molecule has 14 heavy (non-hydrogen) atoms. The molecule has 0 aliphatic carbocycles.